The Morgan fingerprint density at radius 1 is 0.921 bits per heavy atom. The summed E-state index contributed by atoms with van der Waals surface area (Å²) in [6.45, 7) is 12.7. The van der Waals surface area contributed by atoms with Crippen LogP contribution in [-0.4, -0.2) is 33.8 Å². The van der Waals surface area contributed by atoms with Gasteiger partial charge in [-0.1, -0.05) is 13.8 Å². The number of Topliss-reactive ketones (excluding diaryl/α,β-unsaturated/α-hetero) is 1. The molecule has 38 heavy (non-hydrogen) atoms. The molecule has 6 rings (SSSR count). The van der Waals surface area contributed by atoms with Crippen LogP contribution in [0.1, 0.15) is 81.2 Å². The Hall–Kier alpha value is -4.00. The van der Waals surface area contributed by atoms with Gasteiger partial charge < -0.3 is 25.0 Å². The summed E-state index contributed by atoms with van der Waals surface area (Å²) in [5.41, 5.74) is 12.7. The van der Waals surface area contributed by atoms with Gasteiger partial charge in [-0.2, -0.15) is 0 Å². The number of methoxy groups -OCH3 is 1. The molecule has 0 spiro atoms. The largest absolute Gasteiger partial charge is 0.468 e. The molecule has 8 bridgehead atoms. The molecular formula is C31H34N4O3. The van der Waals surface area contributed by atoms with E-state index in [-0.39, 0.29) is 11.7 Å². The number of aromatic nitrogens is 3. The van der Waals surface area contributed by atoms with Crippen LogP contribution in [0.5, 0.6) is 0 Å². The number of hydrogen-bond acceptors (Lipinski definition) is 4. The lowest BCUT2D eigenvalue weighted by atomic mass is 9.95. The zero-order valence-electron chi connectivity index (χ0n) is 23.0. The fourth-order valence-corrected chi connectivity index (χ4v) is 6.35. The third-order valence-corrected chi connectivity index (χ3v) is 8.78. The Kier molecular flexibility index (Phi) is 5.45. The average molecular weight is 511 g/mol. The van der Waals surface area contributed by atoms with E-state index in [1.807, 2.05) is 6.92 Å². The second-order valence-corrected chi connectivity index (χ2v) is 10.9. The van der Waals surface area contributed by atoms with Crippen LogP contribution in [0.3, 0.4) is 0 Å². The molecule has 0 unspecified atom stereocenters. The molecule has 0 amide bonds. The van der Waals surface area contributed by atoms with Gasteiger partial charge in [-0.25, -0.2) is 0 Å². The van der Waals surface area contributed by atoms with Crippen molar-refractivity contribution in [2.75, 3.05) is 7.11 Å². The molecule has 0 saturated carbocycles. The van der Waals surface area contributed by atoms with Crippen LogP contribution < -0.4 is 16.0 Å². The van der Waals surface area contributed by atoms with E-state index in [0.717, 1.165) is 56.9 Å². The smallest absolute Gasteiger partial charge is 0.321 e. The highest BCUT2D eigenvalue weighted by Crippen LogP contribution is 2.45. The van der Waals surface area contributed by atoms with Gasteiger partial charge in [0.25, 0.3) is 0 Å². The number of esters is 1. The number of H-pyrrole nitrogens is 3. The van der Waals surface area contributed by atoms with E-state index in [4.69, 9.17) is 4.74 Å². The third-order valence-electron chi connectivity index (χ3n) is 8.78. The lowest BCUT2D eigenvalue weighted by molar-refractivity contribution is -0.141. The second kappa shape index (κ2) is 8.51. The number of allylic oxidation sites excluding steroid dienone is 2. The molecule has 196 valence electrons. The lowest BCUT2D eigenvalue weighted by Crippen LogP contribution is -2.24. The van der Waals surface area contributed by atoms with E-state index in [9.17, 15) is 9.59 Å². The van der Waals surface area contributed by atoms with E-state index >= 15 is 0 Å². The minimum atomic E-state index is -0.969. The van der Waals surface area contributed by atoms with Crippen molar-refractivity contribution in [3.8, 4) is 0 Å². The van der Waals surface area contributed by atoms with Crippen molar-refractivity contribution in [2.45, 2.75) is 54.4 Å². The Morgan fingerprint density at radius 2 is 1.58 bits per heavy atom. The molecular weight excluding hydrogens is 476 g/mol. The number of aromatic amines is 3. The van der Waals surface area contributed by atoms with Crippen molar-refractivity contribution in [1.29, 1.82) is 0 Å². The molecule has 0 aromatic carbocycles. The number of carbonyl (C=O) groups excluding carboxylic acids is 2. The fraction of sp³-hybridized carbons (Fsp3) is 0.355. The predicted molar refractivity (Wildman–Crippen MR) is 149 cm³/mol. The van der Waals surface area contributed by atoms with Crippen LogP contribution in [-0.2, 0) is 16.0 Å². The molecule has 1 saturated heterocycles. The quantitative estimate of drug-likeness (QED) is 0.311. The first-order valence-corrected chi connectivity index (χ1v) is 13.3. The maximum absolute atomic E-state index is 13.7. The predicted octanol–water partition coefficient (Wildman–Crippen LogP) is 3.81. The Morgan fingerprint density at radius 3 is 2.26 bits per heavy atom. The number of ether oxygens (including phenoxy) is 1. The van der Waals surface area contributed by atoms with Gasteiger partial charge in [0.2, 0.25) is 0 Å². The summed E-state index contributed by atoms with van der Waals surface area (Å²) in [6.07, 6.45) is 8.04. The maximum atomic E-state index is 13.7. The number of nitrogens with one attached hydrogen (secondary N) is 4. The molecule has 3 aromatic heterocycles. The van der Waals surface area contributed by atoms with Gasteiger partial charge in [-0.05, 0) is 86.6 Å². The average Bonchev–Trinajstić information content (AvgIpc) is 3.63. The summed E-state index contributed by atoms with van der Waals surface area (Å²) in [7, 11) is 1.34. The molecule has 2 atom stereocenters. The summed E-state index contributed by atoms with van der Waals surface area (Å²) in [5.74, 6) is -1.50. The number of carbonyl (C=O) groups is 2. The monoisotopic (exact) mass is 510 g/mol. The van der Waals surface area contributed by atoms with E-state index in [1.165, 1.54) is 29.4 Å². The van der Waals surface area contributed by atoms with Crippen LogP contribution in [0, 0.1) is 39.5 Å². The first-order valence-electron chi connectivity index (χ1n) is 13.3. The number of hydrogen-bond donors (Lipinski definition) is 4. The van der Waals surface area contributed by atoms with Crippen molar-refractivity contribution in [3.63, 3.8) is 0 Å². The Balaban J connectivity index is 1.72. The zero-order chi connectivity index (χ0) is 27.0. The van der Waals surface area contributed by atoms with Gasteiger partial charge in [0, 0.05) is 56.2 Å². The molecule has 0 radical (unpaired) electrons. The molecule has 7 heteroatoms. The van der Waals surface area contributed by atoms with Crippen LogP contribution >= 0.6 is 0 Å². The van der Waals surface area contributed by atoms with Crippen LogP contribution in [0.25, 0.3) is 23.8 Å². The molecule has 1 aliphatic carbocycles. The van der Waals surface area contributed by atoms with Crippen molar-refractivity contribution >= 4 is 35.6 Å². The van der Waals surface area contributed by atoms with Gasteiger partial charge in [0.05, 0.1) is 12.8 Å². The molecule has 4 N–H and O–H groups in total. The molecule has 1 fully saturated rings. The highest BCUT2D eigenvalue weighted by atomic mass is 16.5. The lowest BCUT2D eigenvalue weighted by Gasteiger charge is -2.13. The van der Waals surface area contributed by atoms with Gasteiger partial charge in [-0.3, -0.25) is 9.59 Å². The van der Waals surface area contributed by atoms with Crippen LogP contribution in [0.4, 0.5) is 0 Å². The van der Waals surface area contributed by atoms with E-state index in [0.29, 0.717) is 17.6 Å². The van der Waals surface area contributed by atoms with Gasteiger partial charge in [-0.15, -0.1) is 0 Å². The van der Waals surface area contributed by atoms with Crippen molar-refractivity contribution in [1.82, 2.24) is 20.3 Å². The summed E-state index contributed by atoms with van der Waals surface area (Å²) in [4.78, 5) is 37.4. The van der Waals surface area contributed by atoms with Gasteiger partial charge in [0.1, 0.15) is 5.92 Å². The minimum absolute atomic E-state index is 0.197. The van der Waals surface area contributed by atoms with Crippen molar-refractivity contribution in [3.05, 3.63) is 78.2 Å². The minimum Gasteiger partial charge on any atom is -0.468 e. The van der Waals surface area contributed by atoms with Crippen molar-refractivity contribution in [2.24, 2.45) is 11.8 Å². The van der Waals surface area contributed by atoms with Crippen LogP contribution in [0.15, 0.2) is 11.4 Å². The first-order chi connectivity index (χ1) is 18.1. The number of fused-ring (bicyclic) bond motifs is 7. The molecule has 2 aliphatic heterocycles. The number of rotatable bonds is 2. The molecule has 5 heterocycles. The van der Waals surface area contributed by atoms with E-state index in [1.54, 1.807) is 0 Å². The van der Waals surface area contributed by atoms with E-state index in [2.05, 4.69) is 73.1 Å². The highest BCUT2D eigenvalue weighted by molar-refractivity contribution is 6.24. The SMILES string of the molecule is CCc1c(C)/c2[nH]/c1=C\c1[nH]c3c(c1C)C(=O)[C@H](C(=O)OC)/C3=C1\C[C@H](C)/C(=C/c3[nH]c(c(C)c3C)\C=2)N1. The van der Waals surface area contributed by atoms with E-state index < -0.39 is 11.9 Å². The fourth-order valence-electron chi connectivity index (χ4n) is 6.35. The maximum Gasteiger partial charge on any atom is 0.321 e. The van der Waals surface area contributed by atoms with Gasteiger partial charge in [0.15, 0.2) is 5.78 Å². The standard InChI is InChI=1S/C31H34N4O3/c1-8-18-16(5)22-11-21-15(4)14(3)20(33-21)10-19-13(2)9-25(32-19)27-28(31(37)38-7)30(36)26-17(6)23(35-29(26)27)12-24(18)34-22/h10-13,28,32-35H,8-9H2,1-7H3/b19-10-,22-11-,24-12-,27-25-/t13-,28+/m0/s1. The molecule has 3 aromatic rings. The third kappa shape index (κ3) is 3.34. The number of ketones is 1. The van der Waals surface area contributed by atoms with Crippen LogP contribution in [0.2, 0.25) is 0 Å². The van der Waals surface area contributed by atoms with Gasteiger partial charge >= 0.3 is 5.97 Å². The topological polar surface area (TPSA) is 103 Å². The molecule has 3 aliphatic rings. The summed E-state index contributed by atoms with van der Waals surface area (Å²) in [5, 5.41) is 5.68. The first kappa shape index (κ1) is 24.3. The van der Waals surface area contributed by atoms with Crippen molar-refractivity contribution < 1.29 is 14.3 Å². The Labute approximate surface area is 221 Å². The Bertz CT molecular complexity index is 1740. The summed E-state index contributed by atoms with van der Waals surface area (Å²) < 4.78 is 5.11. The zero-order valence-corrected chi connectivity index (χ0v) is 23.0. The summed E-state index contributed by atoms with van der Waals surface area (Å²) >= 11 is 0. The summed E-state index contributed by atoms with van der Waals surface area (Å²) in [6, 6.07) is 0. The second-order valence-electron chi connectivity index (χ2n) is 10.9. The highest BCUT2D eigenvalue weighted by Gasteiger charge is 2.46. The molecule has 7 nitrogen and oxygen atoms in total. The normalized spacial score (nSPS) is 24.8.